The van der Waals surface area contributed by atoms with Gasteiger partial charge in [-0.3, -0.25) is 0 Å². The molecule has 3 rings (SSSR count). The van der Waals surface area contributed by atoms with Crippen LogP contribution in [0.4, 0.5) is 5.69 Å². The number of fused-ring (bicyclic) bond motifs is 1. The normalized spacial score (nSPS) is 14.1. The average molecular weight is 299 g/mol. The van der Waals surface area contributed by atoms with Crippen LogP contribution in [0.5, 0.6) is 11.5 Å². The Morgan fingerprint density at radius 1 is 1.23 bits per heavy atom. The lowest BCUT2D eigenvalue weighted by Gasteiger charge is -2.23. The van der Waals surface area contributed by atoms with Crippen LogP contribution in [0.1, 0.15) is 5.56 Å². The number of para-hydroxylation sites is 1. The van der Waals surface area contributed by atoms with Crippen LogP contribution >= 0.6 is 0 Å². The summed E-state index contributed by atoms with van der Waals surface area (Å²) in [6, 6.07) is 15.7. The molecule has 0 aliphatic carbocycles. The van der Waals surface area contributed by atoms with Gasteiger partial charge in [0.05, 0.1) is 6.61 Å². The van der Waals surface area contributed by atoms with Crippen molar-refractivity contribution in [2.45, 2.75) is 12.5 Å². The number of aliphatic hydroxyl groups is 1. The van der Waals surface area contributed by atoms with Gasteiger partial charge < -0.3 is 19.5 Å². The van der Waals surface area contributed by atoms with Crippen LogP contribution in [-0.4, -0.2) is 38.0 Å². The summed E-state index contributed by atoms with van der Waals surface area (Å²) in [5.74, 6) is 1.75. The number of hydrogen-bond acceptors (Lipinski definition) is 4. The van der Waals surface area contributed by atoms with Crippen molar-refractivity contribution in [3.05, 3.63) is 54.1 Å². The summed E-state index contributed by atoms with van der Waals surface area (Å²) in [4.78, 5) is 2.04. The molecular weight excluding hydrogens is 278 g/mol. The molecule has 1 atom stereocenters. The third-order valence-electron chi connectivity index (χ3n) is 3.78. The molecular formula is C18H21NO3. The van der Waals surface area contributed by atoms with Gasteiger partial charge in [0.15, 0.2) is 0 Å². The van der Waals surface area contributed by atoms with E-state index in [1.807, 2.05) is 54.4 Å². The highest BCUT2D eigenvalue weighted by molar-refractivity contribution is 5.53. The SMILES string of the molecule is CN(CC(O)COc1ccccc1)c1ccc2c(c1)CCO2. The summed E-state index contributed by atoms with van der Waals surface area (Å²) in [6.45, 7) is 1.56. The van der Waals surface area contributed by atoms with E-state index in [4.69, 9.17) is 9.47 Å². The minimum Gasteiger partial charge on any atom is -0.493 e. The molecule has 4 heteroatoms. The first-order chi connectivity index (χ1) is 10.7. The van der Waals surface area contributed by atoms with Crippen LogP contribution in [0, 0.1) is 0 Å². The van der Waals surface area contributed by atoms with Gasteiger partial charge in [0, 0.05) is 25.7 Å². The summed E-state index contributed by atoms with van der Waals surface area (Å²) in [5.41, 5.74) is 2.32. The molecule has 0 saturated heterocycles. The topological polar surface area (TPSA) is 41.9 Å². The number of ether oxygens (including phenoxy) is 2. The molecule has 1 N–H and O–H groups in total. The second-order valence-electron chi connectivity index (χ2n) is 5.55. The molecule has 0 amide bonds. The predicted molar refractivity (Wildman–Crippen MR) is 86.9 cm³/mol. The lowest BCUT2D eigenvalue weighted by molar-refractivity contribution is 0.113. The first kappa shape index (κ1) is 14.7. The van der Waals surface area contributed by atoms with E-state index in [0.717, 1.165) is 30.2 Å². The van der Waals surface area contributed by atoms with Gasteiger partial charge in [-0.05, 0) is 35.9 Å². The average Bonchev–Trinajstić information content (AvgIpc) is 3.01. The second-order valence-corrected chi connectivity index (χ2v) is 5.55. The number of benzene rings is 2. The van der Waals surface area contributed by atoms with E-state index in [0.29, 0.717) is 6.54 Å². The third kappa shape index (κ3) is 3.52. The number of nitrogens with zero attached hydrogens (tertiary/aromatic N) is 1. The first-order valence-electron chi connectivity index (χ1n) is 7.55. The monoisotopic (exact) mass is 299 g/mol. The van der Waals surface area contributed by atoms with Gasteiger partial charge in [-0.1, -0.05) is 18.2 Å². The standard InChI is InChI=1S/C18H21NO3/c1-19(15-7-8-18-14(11-15)9-10-21-18)12-16(20)13-22-17-5-3-2-4-6-17/h2-8,11,16,20H,9-10,12-13H2,1H3. The molecule has 0 radical (unpaired) electrons. The van der Waals surface area contributed by atoms with Crippen molar-refractivity contribution < 1.29 is 14.6 Å². The molecule has 1 aliphatic rings. The maximum atomic E-state index is 10.1. The Bertz CT molecular complexity index is 615. The molecule has 116 valence electrons. The Morgan fingerprint density at radius 3 is 2.86 bits per heavy atom. The lowest BCUT2D eigenvalue weighted by atomic mass is 10.1. The molecule has 0 spiro atoms. The largest absolute Gasteiger partial charge is 0.493 e. The van der Waals surface area contributed by atoms with Crippen LogP contribution in [-0.2, 0) is 6.42 Å². The molecule has 1 unspecified atom stereocenters. The quantitative estimate of drug-likeness (QED) is 0.890. The molecule has 1 aliphatic heterocycles. The third-order valence-corrected chi connectivity index (χ3v) is 3.78. The van der Waals surface area contributed by atoms with E-state index in [2.05, 4.69) is 6.07 Å². The molecule has 0 fully saturated rings. The van der Waals surface area contributed by atoms with E-state index in [9.17, 15) is 5.11 Å². The Labute approximate surface area is 130 Å². The zero-order valence-electron chi connectivity index (χ0n) is 12.7. The number of rotatable bonds is 6. The molecule has 22 heavy (non-hydrogen) atoms. The number of aliphatic hydroxyl groups excluding tert-OH is 1. The molecule has 2 aromatic carbocycles. The highest BCUT2D eigenvalue weighted by atomic mass is 16.5. The van der Waals surface area contributed by atoms with Gasteiger partial charge in [-0.2, -0.15) is 0 Å². The van der Waals surface area contributed by atoms with Crippen molar-refractivity contribution in [2.24, 2.45) is 0 Å². The summed E-state index contributed by atoms with van der Waals surface area (Å²) in [5, 5.41) is 10.1. The van der Waals surface area contributed by atoms with Gasteiger partial charge in [0.25, 0.3) is 0 Å². The minimum atomic E-state index is -0.547. The lowest BCUT2D eigenvalue weighted by Crippen LogP contribution is -2.33. The highest BCUT2D eigenvalue weighted by Crippen LogP contribution is 2.29. The van der Waals surface area contributed by atoms with Crippen molar-refractivity contribution in [1.29, 1.82) is 0 Å². The number of likely N-dealkylation sites (N-methyl/N-ethyl adjacent to an activating group) is 1. The van der Waals surface area contributed by atoms with Gasteiger partial charge in [0.2, 0.25) is 0 Å². The fraction of sp³-hybridized carbons (Fsp3) is 0.333. The molecule has 0 aromatic heterocycles. The van der Waals surface area contributed by atoms with Crippen molar-refractivity contribution in [3.63, 3.8) is 0 Å². The summed E-state index contributed by atoms with van der Waals surface area (Å²) < 4.78 is 11.1. The maximum absolute atomic E-state index is 10.1. The first-order valence-corrected chi connectivity index (χ1v) is 7.55. The van der Waals surface area contributed by atoms with Gasteiger partial charge in [0.1, 0.15) is 24.2 Å². The fourth-order valence-corrected chi connectivity index (χ4v) is 2.59. The van der Waals surface area contributed by atoms with E-state index in [-0.39, 0.29) is 6.61 Å². The predicted octanol–water partition coefficient (Wildman–Crippen LogP) is 2.50. The van der Waals surface area contributed by atoms with Crippen molar-refractivity contribution in [2.75, 3.05) is 31.7 Å². The summed E-state index contributed by atoms with van der Waals surface area (Å²) in [6.07, 6.45) is 0.408. The van der Waals surface area contributed by atoms with Crippen LogP contribution in [0.2, 0.25) is 0 Å². The maximum Gasteiger partial charge on any atom is 0.122 e. The van der Waals surface area contributed by atoms with Gasteiger partial charge in [-0.15, -0.1) is 0 Å². The smallest absolute Gasteiger partial charge is 0.122 e. The number of hydrogen-bond donors (Lipinski definition) is 1. The Balaban J connectivity index is 1.53. The fourth-order valence-electron chi connectivity index (χ4n) is 2.59. The molecule has 4 nitrogen and oxygen atoms in total. The van der Waals surface area contributed by atoms with Crippen molar-refractivity contribution >= 4 is 5.69 Å². The number of anilines is 1. The van der Waals surface area contributed by atoms with Crippen LogP contribution in [0.3, 0.4) is 0 Å². The Morgan fingerprint density at radius 2 is 2.05 bits per heavy atom. The molecule has 2 aromatic rings. The zero-order valence-corrected chi connectivity index (χ0v) is 12.7. The van der Waals surface area contributed by atoms with E-state index in [1.54, 1.807) is 0 Å². The van der Waals surface area contributed by atoms with E-state index >= 15 is 0 Å². The van der Waals surface area contributed by atoms with E-state index < -0.39 is 6.10 Å². The molecule has 0 saturated carbocycles. The van der Waals surface area contributed by atoms with Gasteiger partial charge in [-0.25, -0.2) is 0 Å². The van der Waals surface area contributed by atoms with Gasteiger partial charge >= 0.3 is 0 Å². The highest BCUT2D eigenvalue weighted by Gasteiger charge is 2.15. The Hall–Kier alpha value is -2.20. The van der Waals surface area contributed by atoms with Crippen LogP contribution < -0.4 is 14.4 Å². The Kier molecular flexibility index (Phi) is 4.49. The van der Waals surface area contributed by atoms with Crippen LogP contribution in [0.25, 0.3) is 0 Å². The van der Waals surface area contributed by atoms with Crippen molar-refractivity contribution in [1.82, 2.24) is 0 Å². The second kappa shape index (κ2) is 6.71. The molecule has 0 bridgehead atoms. The van der Waals surface area contributed by atoms with Crippen LogP contribution in [0.15, 0.2) is 48.5 Å². The zero-order chi connectivity index (χ0) is 15.4. The van der Waals surface area contributed by atoms with Crippen molar-refractivity contribution in [3.8, 4) is 11.5 Å². The summed E-state index contributed by atoms with van der Waals surface area (Å²) >= 11 is 0. The van der Waals surface area contributed by atoms with E-state index in [1.165, 1.54) is 5.56 Å². The molecule has 1 heterocycles. The minimum absolute atomic E-state index is 0.280. The summed E-state index contributed by atoms with van der Waals surface area (Å²) in [7, 11) is 1.98.